The van der Waals surface area contributed by atoms with Crippen LogP contribution in [0.4, 0.5) is 0 Å². The first-order chi connectivity index (χ1) is 11.8. The highest BCUT2D eigenvalue weighted by atomic mass is 32.1. The first-order valence-corrected chi connectivity index (χ1v) is 9.50. The van der Waals surface area contributed by atoms with Crippen molar-refractivity contribution in [3.8, 4) is 11.5 Å². The molecular weight excluding hydrogens is 316 g/mol. The Kier molecular flexibility index (Phi) is 4.50. The Balaban J connectivity index is 1.47. The summed E-state index contributed by atoms with van der Waals surface area (Å²) >= 11 is 1.67. The van der Waals surface area contributed by atoms with E-state index in [9.17, 15) is 0 Å². The van der Waals surface area contributed by atoms with Gasteiger partial charge in [0.05, 0.1) is 5.69 Å². The molecule has 4 heteroatoms. The first kappa shape index (κ1) is 15.6. The number of likely N-dealkylation sites (tertiary alicyclic amines) is 1. The number of nitrogens with zero attached hydrogens (tertiary/aromatic N) is 2. The van der Waals surface area contributed by atoms with Gasteiger partial charge in [-0.25, -0.2) is 4.98 Å². The lowest BCUT2D eigenvalue weighted by atomic mass is 9.90. The second kappa shape index (κ2) is 6.91. The number of aryl methyl sites for hydroxylation is 1. The predicted molar refractivity (Wildman–Crippen MR) is 98.2 cm³/mol. The lowest BCUT2D eigenvalue weighted by molar-refractivity contribution is 0.197. The number of thiophene rings is 1. The normalized spacial score (nSPS) is 18.8. The third-order valence-corrected chi connectivity index (χ3v) is 5.49. The lowest BCUT2D eigenvalue weighted by Gasteiger charge is -2.32. The van der Waals surface area contributed by atoms with E-state index >= 15 is 0 Å². The van der Waals surface area contributed by atoms with E-state index in [1.807, 2.05) is 6.92 Å². The fourth-order valence-corrected chi connectivity index (χ4v) is 4.12. The summed E-state index contributed by atoms with van der Waals surface area (Å²) in [5.41, 5.74) is 3.61. The van der Waals surface area contributed by atoms with Crippen LogP contribution < -0.4 is 0 Å². The van der Waals surface area contributed by atoms with Crippen molar-refractivity contribution in [3.63, 3.8) is 0 Å². The fraction of sp³-hybridized carbons (Fsp3) is 0.350. The van der Waals surface area contributed by atoms with Crippen LogP contribution in [-0.2, 0) is 6.54 Å². The number of hydrogen-bond acceptors (Lipinski definition) is 4. The van der Waals surface area contributed by atoms with Crippen LogP contribution in [-0.4, -0.2) is 23.0 Å². The van der Waals surface area contributed by atoms with E-state index in [0.717, 1.165) is 42.5 Å². The molecule has 3 aromatic rings. The molecule has 0 N–H and O–H groups in total. The van der Waals surface area contributed by atoms with Crippen molar-refractivity contribution in [3.05, 3.63) is 64.2 Å². The molecular formula is C20H22N2OS. The molecule has 0 amide bonds. The van der Waals surface area contributed by atoms with Crippen molar-refractivity contribution >= 4 is 11.3 Å². The molecule has 124 valence electrons. The zero-order chi connectivity index (χ0) is 16.4. The summed E-state index contributed by atoms with van der Waals surface area (Å²) in [7, 11) is 0. The number of hydrogen-bond donors (Lipinski definition) is 0. The zero-order valence-corrected chi connectivity index (χ0v) is 14.8. The van der Waals surface area contributed by atoms with Crippen molar-refractivity contribution in [1.29, 1.82) is 0 Å². The Bertz CT molecular complexity index is 779. The number of piperidine rings is 1. The molecule has 3 heterocycles. The molecule has 4 rings (SSSR count). The minimum Gasteiger partial charge on any atom is -0.441 e. The van der Waals surface area contributed by atoms with Crippen LogP contribution in [0.2, 0.25) is 0 Å². The highest BCUT2D eigenvalue weighted by Crippen LogP contribution is 2.29. The Morgan fingerprint density at radius 2 is 2.12 bits per heavy atom. The van der Waals surface area contributed by atoms with Gasteiger partial charge in [-0.2, -0.15) is 11.3 Å². The Morgan fingerprint density at radius 3 is 2.92 bits per heavy atom. The van der Waals surface area contributed by atoms with Gasteiger partial charge in [0, 0.05) is 24.0 Å². The Morgan fingerprint density at radius 1 is 1.25 bits per heavy atom. The number of oxazole rings is 1. The minimum atomic E-state index is 0.628. The smallest absolute Gasteiger partial charge is 0.227 e. The first-order valence-electron chi connectivity index (χ1n) is 8.56. The summed E-state index contributed by atoms with van der Waals surface area (Å²) in [6, 6.07) is 12.9. The van der Waals surface area contributed by atoms with Crippen molar-refractivity contribution in [2.24, 2.45) is 0 Å². The average molecular weight is 338 g/mol. The molecule has 0 bridgehead atoms. The molecule has 24 heavy (non-hydrogen) atoms. The van der Waals surface area contributed by atoms with Gasteiger partial charge in [0.25, 0.3) is 0 Å². The van der Waals surface area contributed by atoms with Gasteiger partial charge >= 0.3 is 0 Å². The highest BCUT2D eigenvalue weighted by molar-refractivity contribution is 7.08. The monoisotopic (exact) mass is 338 g/mol. The largest absolute Gasteiger partial charge is 0.441 e. The standard InChI is InChI=1S/C20H22N2OS/c1-15-19(21-20(23-15)18-9-11-24-14-18)13-22-10-5-8-17(12-22)16-6-3-2-4-7-16/h2-4,6-7,9,11,14,17H,5,8,10,12-13H2,1H3/t17-/m1/s1. The van der Waals surface area contributed by atoms with Crippen molar-refractivity contribution in [1.82, 2.24) is 9.88 Å². The van der Waals surface area contributed by atoms with Gasteiger partial charge in [0.1, 0.15) is 5.76 Å². The molecule has 1 aliphatic heterocycles. The molecule has 0 saturated carbocycles. The van der Waals surface area contributed by atoms with E-state index in [1.165, 1.54) is 18.4 Å². The lowest BCUT2D eigenvalue weighted by Crippen LogP contribution is -2.34. The van der Waals surface area contributed by atoms with E-state index in [2.05, 4.69) is 52.1 Å². The van der Waals surface area contributed by atoms with E-state index in [4.69, 9.17) is 9.40 Å². The summed E-state index contributed by atoms with van der Waals surface area (Å²) in [5, 5.41) is 4.14. The average Bonchev–Trinajstić information content (AvgIpc) is 3.27. The Hall–Kier alpha value is -1.91. The number of rotatable bonds is 4. The van der Waals surface area contributed by atoms with Gasteiger partial charge in [0.15, 0.2) is 0 Å². The molecule has 1 aromatic carbocycles. The highest BCUT2D eigenvalue weighted by Gasteiger charge is 2.23. The second-order valence-electron chi connectivity index (χ2n) is 6.52. The molecule has 3 nitrogen and oxygen atoms in total. The molecule has 1 aliphatic rings. The number of benzene rings is 1. The van der Waals surface area contributed by atoms with Crippen LogP contribution in [0.15, 0.2) is 51.6 Å². The predicted octanol–water partition coefficient (Wildman–Crippen LogP) is 5.09. The van der Waals surface area contributed by atoms with Crippen LogP contribution in [0.25, 0.3) is 11.5 Å². The summed E-state index contributed by atoms with van der Waals surface area (Å²) in [6.07, 6.45) is 2.52. The molecule has 1 atom stereocenters. The van der Waals surface area contributed by atoms with Crippen LogP contribution in [0, 0.1) is 6.92 Å². The molecule has 2 aromatic heterocycles. The fourth-order valence-electron chi connectivity index (χ4n) is 3.49. The quantitative estimate of drug-likeness (QED) is 0.663. The molecule has 1 saturated heterocycles. The molecule has 0 radical (unpaired) electrons. The van der Waals surface area contributed by atoms with Gasteiger partial charge in [0.2, 0.25) is 5.89 Å². The SMILES string of the molecule is Cc1oc(-c2ccsc2)nc1CN1CCC[C@@H](c2ccccc2)C1. The van der Waals surface area contributed by atoms with Crippen LogP contribution in [0.5, 0.6) is 0 Å². The maximum Gasteiger partial charge on any atom is 0.227 e. The third kappa shape index (κ3) is 3.30. The van der Waals surface area contributed by atoms with E-state index in [0.29, 0.717) is 5.92 Å². The topological polar surface area (TPSA) is 29.3 Å². The van der Waals surface area contributed by atoms with Gasteiger partial charge in [-0.05, 0) is 49.2 Å². The van der Waals surface area contributed by atoms with Crippen molar-refractivity contribution < 1.29 is 4.42 Å². The molecule has 1 fully saturated rings. The van der Waals surface area contributed by atoms with Gasteiger partial charge in [-0.3, -0.25) is 4.90 Å². The van der Waals surface area contributed by atoms with E-state index < -0.39 is 0 Å². The second-order valence-corrected chi connectivity index (χ2v) is 7.30. The minimum absolute atomic E-state index is 0.628. The van der Waals surface area contributed by atoms with Gasteiger partial charge in [-0.1, -0.05) is 30.3 Å². The maximum atomic E-state index is 5.88. The molecule has 0 aliphatic carbocycles. The summed E-state index contributed by atoms with van der Waals surface area (Å²) in [4.78, 5) is 7.26. The van der Waals surface area contributed by atoms with Crippen molar-refractivity contribution in [2.45, 2.75) is 32.2 Å². The van der Waals surface area contributed by atoms with Crippen LogP contribution in [0.1, 0.15) is 35.8 Å². The van der Waals surface area contributed by atoms with Crippen molar-refractivity contribution in [2.75, 3.05) is 13.1 Å². The van der Waals surface area contributed by atoms with Crippen LogP contribution in [0.3, 0.4) is 0 Å². The Labute approximate surface area is 147 Å². The summed E-state index contributed by atoms with van der Waals surface area (Å²) in [6.45, 7) is 5.15. The molecule has 0 unspecified atom stereocenters. The van der Waals surface area contributed by atoms with Gasteiger partial charge < -0.3 is 4.42 Å². The summed E-state index contributed by atoms with van der Waals surface area (Å²) in [5.74, 6) is 2.32. The molecule has 0 spiro atoms. The summed E-state index contributed by atoms with van der Waals surface area (Å²) < 4.78 is 5.88. The maximum absolute atomic E-state index is 5.88. The van der Waals surface area contributed by atoms with Gasteiger partial charge in [-0.15, -0.1) is 0 Å². The zero-order valence-electron chi connectivity index (χ0n) is 13.9. The number of aromatic nitrogens is 1. The van der Waals surface area contributed by atoms with E-state index in [1.54, 1.807) is 11.3 Å². The third-order valence-electron chi connectivity index (χ3n) is 4.81. The van der Waals surface area contributed by atoms with Crippen LogP contribution >= 0.6 is 11.3 Å². The van der Waals surface area contributed by atoms with E-state index in [-0.39, 0.29) is 0 Å².